The van der Waals surface area contributed by atoms with Gasteiger partial charge in [0.25, 0.3) is 5.91 Å². The second-order valence-electron chi connectivity index (χ2n) is 6.46. The van der Waals surface area contributed by atoms with Gasteiger partial charge < -0.3 is 9.88 Å². The van der Waals surface area contributed by atoms with Gasteiger partial charge in [-0.25, -0.2) is 13.8 Å². The highest BCUT2D eigenvalue weighted by Crippen LogP contribution is 2.25. The average molecular weight is 377 g/mol. The molecule has 0 saturated carbocycles. The lowest BCUT2D eigenvalue weighted by molar-refractivity contribution is 0.0937. The van der Waals surface area contributed by atoms with Crippen molar-refractivity contribution < 1.29 is 13.6 Å². The van der Waals surface area contributed by atoms with Gasteiger partial charge in [-0.05, 0) is 29.8 Å². The van der Waals surface area contributed by atoms with E-state index in [-0.39, 0.29) is 5.56 Å². The van der Waals surface area contributed by atoms with Crippen LogP contribution in [0.15, 0.2) is 72.8 Å². The molecule has 1 N–H and O–H groups in total. The van der Waals surface area contributed by atoms with E-state index in [4.69, 9.17) is 0 Å². The zero-order valence-corrected chi connectivity index (χ0v) is 15.1. The van der Waals surface area contributed by atoms with Gasteiger partial charge in [-0.15, -0.1) is 0 Å². The number of imidazole rings is 1. The van der Waals surface area contributed by atoms with Crippen molar-refractivity contribution in [3.05, 3.63) is 101 Å². The summed E-state index contributed by atoms with van der Waals surface area (Å²) in [5, 5.41) is 2.84. The molecule has 0 saturated heterocycles. The van der Waals surface area contributed by atoms with E-state index in [0.29, 0.717) is 11.9 Å². The SMILES string of the molecule is Cn1c(C(NC(=O)c2ccc(F)cc2F)c2ccccc2)nc2ccccc21. The Bertz CT molecular complexity index is 1160. The third-order valence-electron chi connectivity index (χ3n) is 4.66. The van der Waals surface area contributed by atoms with Gasteiger partial charge in [-0.1, -0.05) is 42.5 Å². The summed E-state index contributed by atoms with van der Waals surface area (Å²) >= 11 is 0. The number of nitrogens with one attached hydrogen (secondary N) is 1. The minimum absolute atomic E-state index is 0.221. The lowest BCUT2D eigenvalue weighted by Crippen LogP contribution is -2.31. The maximum Gasteiger partial charge on any atom is 0.255 e. The van der Waals surface area contributed by atoms with Gasteiger partial charge in [0, 0.05) is 13.1 Å². The van der Waals surface area contributed by atoms with Crippen molar-refractivity contribution in [1.82, 2.24) is 14.9 Å². The number of hydrogen-bond acceptors (Lipinski definition) is 2. The zero-order valence-electron chi connectivity index (χ0n) is 15.1. The first-order chi connectivity index (χ1) is 13.5. The smallest absolute Gasteiger partial charge is 0.255 e. The van der Waals surface area contributed by atoms with Gasteiger partial charge in [-0.2, -0.15) is 0 Å². The first kappa shape index (κ1) is 17.9. The summed E-state index contributed by atoms with van der Waals surface area (Å²) in [5.74, 6) is -1.67. The number of nitrogens with zero attached hydrogens (tertiary/aromatic N) is 2. The molecule has 4 nitrogen and oxygen atoms in total. The van der Waals surface area contributed by atoms with Crippen LogP contribution in [0.2, 0.25) is 0 Å². The number of aromatic nitrogens is 2. The van der Waals surface area contributed by atoms with E-state index in [0.717, 1.165) is 28.7 Å². The van der Waals surface area contributed by atoms with Crippen molar-refractivity contribution in [1.29, 1.82) is 0 Å². The molecule has 4 aromatic rings. The van der Waals surface area contributed by atoms with Crippen LogP contribution in [0.25, 0.3) is 11.0 Å². The van der Waals surface area contributed by atoms with E-state index in [2.05, 4.69) is 10.3 Å². The van der Waals surface area contributed by atoms with Gasteiger partial charge in [0.15, 0.2) is 0 Å². The number of aryl methyl sites for hydroxylation is 1. The number of amides is 1. The molecule has 3 aromatic carbocycles. The molecular weight excluding hydrogens is 360 g/mol. The van der Waals surface area contributed by atoms with Crippen LogP contribution in [0.3, 0.4) is 0 Å². The van der Waals surface area contributed by atoms with Crippen LogP contribution in [-0.4, -0.2) is 15.5 Å². The third-order valence-corrected chi connectivity index (χ3v) is 4.66. The van der Waals surface area contributed by atoms with E-state index < -0.39 is 23.6 Å². The second kappa shape index (κ2) is 7.23. The normalized spacial score (nSPS) is 12.1. The van der Waals surface area contributed by atoms with Crippen LogP contribution in [0.4, 0.5) is 8.78 Å². The largest absolute Gasteiger partial charge is 0.338 e. The Kier molecular flexibility index (Phi) is 4.61. The fourth-order valence-corrected chi connectivity index (χ4v) is 3.25. The van der Waals surface area contributed by atoms with Gasteiger partial charge in [0.05, 0.1) is 16.6 Å². The lowest BCUT2D eigenvalue weighted by Gasteiger charge is -2.19. The number of carbonyl (C=O) groups is 1. The summed E-state index contributed by atoms with van der Waals surface area (Å²) in [5.41, 5.74) is 2.29. The van der Waals surface area contributed by atoms with Crippen molar-refractivity contribution in [2.45, 2.75) is 6.04 Å². The summed E-state index contributed by atoms with van der Waals surface area (Å²) in [6, 6.07) is 19.2. The lowest BCUT2D eigenvalue weighted by atomic mass is 10.1. The molecule has 6 heteroatoms. The highest BCUT2D eigenvalue weighted by atomic mass is 19.1. The summed E-state index contributed by atoms with van der Waals surface area (Å²) in [4.78, 5) is 17.4. The molecule has 0 fully saturated rings. The summed E-state index contributed by atoms with van der Waals surface area (Å²) < 4.78 is 29.2. The van der Waals surface area contributed by atoms with Gasteiger partial charge in [-0.3, -0.25) is 4.79 Å². The average Bonchev–Trinajstić information content (AvgIpc) is 3.03. The molecule has 0 spiro atoms. The monoisotopic (exact) mass is 377 g/mol. The molecule has 1 aromatic heterocycles. The molecule has 0 bridgehead atoms. The Balaban J connectivity index is 1.78. The molecule has 1 atom stereocenters. The fourth-order valence-electron chi connectivity index (χ4n) is 3.25. The van der Waals surface area contributed by atoms with Crippen molar-refractivity contribution >= 4 is 16.9 Å². The predicted octanol–water partition coefficient (Wildman–Crippen LogP) is 4.37. The van der Waals surface area contributed by atoms with Gasteiger partial charge >= 0.3 is 0 Å². The number of halogens is 2. The number of rotatable bonds is 4. The van der Waals surface area contributed by atoms with Gasteiger partial charge in [0.2, 0.25) is 0 Å². The topological polar surface area (TPSA) is 46.9 Å². The molecule has 140 valence electrons. The Morgan fingerprint density at radius 2 is 1.71 bits per heavy atom. The van der Waals surface area contributed by atoms with Crippen molar-refractivity contribution in [3.63, 3.8) is 0 Å². The maximum absolute atomic E-state index is 14.1. The number of fused-ring (bicyclic) bond motifs is 1. The van der Waals surface area contributed by atoms with E-state index in [1.165, 1.54) is 0 Å². The van der Waals surface area contributed by atoms with Crippen molar-refractivity contribution in [3.8, 4) is 0 Å². The maximum atomic E-state index is 14.1. The van der Waals surface area contributed by atoms with E-state index >= 15 is 0 Å². The highest BCUT2D eigenvalue weighted by molar-refractivity contribution is 5.95. The van der Waals surface area contributed by atoms with E-state index in [1.54, 1.807) is 0 Å². The molecule has 1 amide bonds. The Morgan fingerprint density at radius 1 is 1.00 bits per heavy atom. The first-order valence-corrected chi connectivity index (χ1v) is 8.77. The Labute approximate surface area is 160 Å². The number of benzene rings is 3. The number of hydrogen-bond donors (Lipinski definition) is 1. The predicted molar refractivity (Wildman–Crippen MR) is 103 cm³/mol. The Hall–Kier alpha value is -3.54. The number of para-hydroxylation sites is 2. The molecule has 0 aliphatic rings. The fraction of sp³-hybridized carbons (Fsp3) is 0.0909. The zero-order chi connectivity index (χ0) is 19.7. The van der Waals surface area contributed by atoms with Crippen molar-refractivity contribution in [2.75, 3.05) is 0 Å². The van der Waals surface area contributed by atoms with Crippen molar-refractivity contribution in [2.24, 2.45) is 7.05 Å². The molecule has 0 aliphatic heterocycles. The summed E-state index contributed by atoms with van der Waals surface area (Å²) in [6.07, 6.45) is 0. The second-order valence-corrected chi connectivity index (χ2v) is 6.46. The van der Waals surface area contributed by atoms with Crippen LogP contribution in [0.5, 0.6) is 0 Å². The molecule has 1 heterocycles. The minimum atomic E-state index is -0.908. The van der Waals surface area contributed by atoms with Crippen LogP contribution < -0.4 is 5.32 Å². The van der Waals surface area contributed by atoms with Crippen LogP contribution in [-0.2, 0) is 7.05 Å². The molecule has 1 unspecified atom stereocenters. The molecular formula is C22H17F2N3O. The standard InChI is InChI=1S/C22H17F2N3O/c1-27-19-10-6-5-9-18(19)25-21(27)20(14-7-3-2-4-8-14)26-22(28)16-12-11-15(23)13-17(16)24/h2-13,20H,1H3,(H,26,28). The minimum Gasteiger partial charge on any atom is -0.338 e. The molecule has 0 radical (unpaired) electrons. The number of carbonyl (C=O) groups excluding carboxylic acids is 1. The van der Waals surface area contributed by atoms with Crippen LogP contribution >= 0.6 is 0 Å². The third kappa shape index (κ3) is 3.24. The summed E-state index contributed by atoms with van der Waals surface area (Å²) in [7, 11) is 1.87. The van der Waals surface area contributed by atoms with Gasteiger partial charge in [0.1, 0.15) is 23.5 Å². The quantitative estimate of drug-likeness (QED) is 0.574. The molecule has 28 heavy (non-hydrogen) atoms. The van der Waals surface area contributed by atoms with Crippen LogP contribution in [0.1, 0.15) is 27.8 Å². The van der Waals surface area contributed by atoms with E-state index in [1.807, 2.05) is 66.2 Å². The molecule has 0 aliphatic carbocycles. The Morgan fingerprint density at radius 3 is 2.43 bits per heavy atom. The molecule has 4 rings (SSSR count). The van der Waals surface area contributed by atoms with Crippen LogP contribution in [0, 0.1) is 11.6 Å². The first-order valence-electron chi connectivity index (χ1n) is 8.77. The van der Waals surface area contributed by atoms with E-state index in [9.17, 15) is 13.6 Å². The highest BCUT2D eigenvalue weighted by Gasteiger charge is 2.24. The summed E-state index contributed by atoms with van der Waals surface area (Å²) in [6.45, 7) is 0.